The summed E-state index contributed by atoms with van der Waals surface area (Å²) in [5.41, 5.74) is 2.24. The Morgan fingerprint density at radius 3 is 2.59 bits per heavy atom. The molecule has 122 valence electrons. The van der Waals surface area contributed by atoms with Crippen molar-refractivity contribution in [1.82, 2.24) is 4.90 Å². The SMILES string of the molecule is CC[C@H](Oc1cc(C)ccc1C)C(=O)N(C)C1CCCCC1. The number of nitrogens with zero attached hydrogens (tertiary/aromatic N) is 1. The highest BCUT2D eigenvalue weighted by Gasteiger charge is 2.28. The van der Waals surface area contributed by atoms with E-state index in [1.54, 1.807) is 0 Å². The molecule has 0 bridgehead atoms. The fourth-order valence-corrected chi connectivity index (χ4v) is 3.17. The molecule has 1 atom stereocenters. The van der Waals surface area contributed by atoms with Crippen molar-refractivity contribution in [1.29, 1.82) is 0 Å². The second kappa shape index (κ2) is 7.66. The standard InChI is InChI=1S/C19H29NO2/c1-5-17(22-18-13-14(2)11-12-15(18)3)19(21)20(4)16-9-7-6-8-10-16/h11-13,16-17H,5-10H2,1-4H3/t17-/m0/s1. The average molecular weight is 303 g/mol. The van der Waals surface area contributed by atoms with E-state index in [1.807, 2.05) is 44.9 Å². The molecule has 0 N–H and O–H groups in total. The van der Waals surface area contributed by atoms with E-state index in [2.05, 4.69) is 6.07 Å². The number of aryl methyl sites for hydroxylation is 2. The molecule has 1 amide bonds. The van der Waals surface area contributed by atoms with Crippen LogP contribution in [0.25, 0.3) is 0 Å². The Kier molecular flexibility index (Phi) is 5.87. The van der Waals surface area contributed by atoms with Crippen molar-refractivity contribution >= 4 is 5.91 Å². The van der Waals surface area contributed by atoms with Crippen molar-refractivity contribution < 1.29 is 9.53 Å². The Bertz CT molecular complexity index is 506. The summed E-state index contributed by atoms with van der Waals surface area (Å²) >= 11 is 0. The number of carbonyl (C=O) groups excluding carboxylic acids is 1. The smallest absolute Gasteiger partial charge is 0.263 e. The largest absolute Gasteiger partial charge is 0.480 e. The molecule has 0 aliphatic heterocycles. The van der Waals surface area contributed by atoms with Gasteiger partial charge in [0.05, 0.1) is 0 Å². The summed E-state index contributed by atoms with van der Waals surface area (Å²) in [6.07, 6.45) is 6.34. The van der Waals surface area contributed by atoms with Gasteiger partial charge in [-0.15, -0.1) is 0 Å². The number of carbonyl (C=O) groups is 1. The zero-order valence-electron chi connectivity index (χ0n) is 14.4. The third-order valence-corrected chi connectivity index (χ3v) is 4.73. The highest BCUT2D eigenvalue weighted by atomic mass is 16.5. The van der Waals surface area contributed by atoms with Gasteiger partial charge in [-0.25, -0.2) is 0 Å². The molecular weight excluding hydrogens is 274 g/mol. The maximum absolute atomic E-state index is 12.8. The molecule has 2 rings (SSSR count). The second-order valence-electron chi connectivity index (χ2n) is 6.52. The number of hydrogen-bond acceptors (Lipinski definition) is 2. The first kappa shape index (κ1) is 16.9. The molecule has 3 nitrogen and oxygen atoms in total. The third kappa shape index (κ3) is 4.02. The van der Waals surface area contributed by atoms with Gasteiger partial charge in [0.25, 0.3) is 5.91 Å². The van der Waals surface area contributed by atoms with Gasteiger partial charge in [-0.2, -0.15) is 0 Å². The van der Waals surface area contributed by atoms with E-state index in [0.29, 0.717) is 12.5 Å². The fraction of sp³-hybridized carbons (Fsp3) is 0.632. The van der Waals surface area contributed by atoms with Gasteiger partial charge in [0.1, 0.15) is 5.75 Å². The van der Waals surface area contributed by atoms with Crippen LogP contribution in [0.1, 0.15) is 56.6 Å². The van der Waals surface area contributed by atoms with Gasteiger partial charge in [-0.05, 0) is 50.3 Å². The highest BCUT2D eigenvalue weighted by molar-refractivity contribution is 5.81. The first-order valence-electron chi connectivity index (χ1n) is 8.53. The molecule has 0 unspecified atom stereocenters. The first-order valence-corrected chi connectivity index (χ1v) is 8.53. The number of ether oxygens (including phenoxy) is 1. The molecule has 1 fully saturated rings. The maximum atomic E-state index is 12.8. The zero-order chi connectivity index (χ0) is 16.1. The number of likely N-dealkylation sites (N-methyl/N-ethyl adjacent to an activating group) is 1. The Morgan fingerprint density at radius 2 is 1.95 bits per heavy atom. The van der Waals surface area contributed by atoms with Crippen LogP contribution < -0.4 is 4.74 Å². The molecule has 1 saturated carbocycles. The highest BCUT2D eigenvalue weighted by Crippen LogP contribution is 2.25. The first-order chi connectivity index (χ1) is 10.5. The lowest BCUT2D eigenvalue weighted by atomic mass is 9.94. The van der Waals surface area contributed by atoms with Gasteiger partial charge in [0.15, 0.2) is 6.10 Å². The van der Waals surface area contributed by atoms with Crippen LogP contribution in [0.3, 0.4) is 0 Å². The lowest BCUT2D eigenvalue weighted by molar-refractivity contribution is -0.140. The Balaban J connectivity index is 2.06. The van der Waals surface area contributed by atoms with Crippen LogP contribution in [-0.4, -0.2) is 30.0 Å². The van der Waals surface area contributed by atoms with Crippen LogP contribution in [0.2, 0.25) is 0 Å². The van der Waals surface area contributed by atoms with Crippen molar-refractivity contribution in [3.63, 3.8) is 0 Å². The number of hydrogen-bond donors (Lipinski definition) is 0. The van der Waals surface area contributed by atoms with E-state index in [9.17, 15) is 4.79 Å². The summed E-state index contributed by atoms with van der Waals surface area (Å²) in [6, 6.07) is 6.52. The normalized spacial score (nSPS) is 17.1. The van der Waals surface area contributed by atoms with Gasteiger partial charge in [0, 0.05) is 13.1 Å². The summed E-state index contributed by atoms with van der Waals surface area (Å²) in [6.45, 7) is 6.09. The number of benzene rings is 1. The lowest BCUT2D eigenvalue weighted by Crippen LogP contribution is -2.45. The predicted octanol–water partition coefficient (Wildman–Crippen LogP) is 4.25. The lowest BCUT2D eigenvalue weighted by Gasteiger charge is -2.33. The monoisotopic (exact) mass is 303 g/mol. The molecule has 1 aromatic carbocycles. The topological polar surface area (TPSA) is 29.5 Å². The molecule has 0 heterocycles. The quantitative estimate of drug-likeness (QED) is 0.813. The van der Waals surface area contributed by atoms with E-state index in [-0.39, 0.29) is 12.0 Å². The van der Waals surface area contributed by atoms with Crippen molar-refractivity contribution in [3.05, 3.63) is 29.3 Å². The number of rotatable bonds is 5. The fourth-order valence-electron chi connectivity index (χ4n) is 3.17. The molecule has 0 radical (unpaired) electrons. The van der Waals surface area contributed by atoms with Crippen molar-refractivity contribution in [3.8, 4) is 5.75 Å². The van der Waals surface area contributed by atoms with Crippen LogP contribution >= 0.6 is 0 Å². The van der Waals surface area contributed by atoms with Crippen LogP contribution in [0.4, 0.5) is 0 Å². The minimum Gasteiger partial charge on any atom is -0.480 e. The van der Waals surface area contributed by atoms with Crippen molar-refractivity contribution in [2.45, 2.75) is 71.4 Å². The van der Waals surface area contributed by atoms with Gasteiger partial charge in [0.2, 0.25) is 0 Å². The predicted molar refractivity (Wildman–Crippen MR) is 90.3 cm³/mol. The average Bonchev–Trinajstić information content (AvgIpc) is 2.55. The summed E-state index contributed by atoms with van der Waals surface area (Å²) in [7, 11) is 1.94. The Labute approximate surface area is 134 Å². The third-order valence-electron chi connectivity index (χ3n) is 4.73. The minimum absolute atomic E-state index is 0.121. The van der Waals surface area contributed by atoms with Crippen LogP contribution in [0.15, 0.2) is 18.2 Å². The molecule has 1 aromatic rings. The maximum Gasteiger partial charge on any atom is 0.263 e. The van der Waals surface area contributed by atoms with E-state index in [1.165, 1.54) is 19.3 Å². The summed E-state index contributed by atoms with van der Waals surface area (Å²) in [5, 5.41) is 0. The number of amides is 1. The molecule has 0 saturated heterocycles. The molecule has 1 aliphatic rings. The van der Waals surface area contributed by atoms with Gasteiger partial charge < -0.3 is 9.64 Å². The molecule has 0 spiro atoms. The Hall–Kier alpha value is -1.51. The van der Waals surface area contributed by atoms with Gasteiger partial charge in [-0.3, -0.25) is 4.79 Å². The van der Waals surface area contributed by atoms with Crippen LogP contribution in [0.5, 0.6) is 5.75 Å². The van der Waals surface area contributed by atoms with E-state index in [0.717, 1.165) is 29.7 Å². The second-order valence-corrected chi connectivity index (χ2v) is 6.52. The molecule has 0 aromatic heterocycles. The summed E-state index contributed by atoms with van der Waals surface area (Å²) < 4.78 is 6.06. The summed E-state index contributed by atoms with van der Waals surface area (Å²) in [5.74, 6) is 0.951. The molecule has 22 heavy (non-hydrogen) atoms. The van der Waals surface area contributed by atoms with Crippen LogP contribution in [-0.2, 0) is 4.79 Å². The van der Waals surface area contributed by atoms with Gasteiger partial charge in [-0.1, -0.05) is 38.3 Å². The minimum atomic E-state index is -0.382. The molecule has 1 aliphatic carbocycles. The van der Waals surface area contributed by atoms with E-state index < -0.39 is 0 Å². The van der Waals surface area contributed by atoms with Crippen LogP contribution in [0, 0.1) is 13.8 Å². The Morgan fingerprint density at radius 1 is 1.27 bits per heavy atom. The summed E-state index contributed by atoms with van der Waals surface area (Å²) in [4.78, 5) is 14.7. The van der Waals surface area contributed by atoms with Crippen molar-refractivity contribution in [2.24, 2.45) is 0 Å². The molecule has 3 heteroatoms. The van der Waals surface area contributed by atoms with Crippen molar-refractivity contribution in [2.75, 3.05) is 7.05 Å². The van der Waals surface area contributed by atoms with E-state index >= 15 is 0 Å². The van der Waals surface area contributed by atoms with E-state index in [4.69, 9.17) is 4.74 Å². The van der Waals surface area contributed by atoms with Gasteiger partial charge >= 0.3 is 0 Å². The zero-order valence-corrected chi connectivity index (χ0v) is 14.4. The molecular formula is C19H29NO2.